The predicted molar refractivity (Wildman–Crippen MR) is 85.1 cm³/mol. The summed E-state index contributed by atoms with van der Waals surface area (Å²) in [6, 6.07) is 14.6. The normalized spacial score (nSPS) is 10.8. The molecule has 6 nitrogen and oxygen atoms in total. The Morgan fingerprint density at radius 3 is 2.87 bits per heavy atom. The first-order valence-corrected chi connectivity index (χ1v) is 7.05. The third-order valence-corrected chi connectivity index (χ3v) is 3.42. The molecular formula is C17H12N4O2. The average Bonchev–Trinajstić information content (AvgIpc) is 3.22. The van der Waals surface area contributed by atoms with E-state index >= 15 is 0 Å². The number of carbonyl (C=O) groups excluding carboxylic acids is 1. The number of furan rings is 1. The van der Waals surface area contributed by atoms with E-state index in [9.17, 15) is 4.79 Å². The highest BCUT2D eigenvalue weighted by Gasteiger charge is 2.15. The number of hydrogen-bond donors (Lipinski definition) is 1. The summed E-state index contributed by atoms with van der Waals surface area (Å²) in [7, 11) is 0. The highest BCUT2D eigenvalue weighted by atomic mass is 16.3. The first-order chi connectivity index (χ1) is 11.3. The maximum Gasteiger partial charge on any atom is 0.258 e. The van der Waals surface area contributed by atoms with E-state index in [0.717, 1.165) is 5.69 Å². The van der Waals surface area contributed by atoms with Gasteiger partial charge in [-0.1, -0.05) is 18.2 Å². The molecule has 0 saturated heterocycles. The van der Waals surface area contributed by atoms with Gasteiger partial charge in [-0.2, -0.15) is 5.10 Å². The van der Waals surface area contributed by atoms with Crippen LogP contribution in [0.5, 0.6) is 0 Å². The molecule has 0 saturated carbocycles. The molecule has 0 fully saturated rings. The SMILES string of the molecule is O=C(Nc1ccccc1)c1coc(-c2cnc3cccnn23)c1. The lowest BCUT2D eigenvalue weighted by Crippen LogP contribution is -2.10. The predicted octanol–water partition coefficient (Wildman–Crippen LogP) is 3.24. The van der Waals surface area contributed by atoms with E-state index in [4.69, 9.17) is 4.42 Å². The van der Waals surface area contributed by atoms with Crippen LogP contribution in [0.4, 0.5) is 5.69 Å². The molecule has 6 heteroatoms. The second-order valence-corrected chi connectivity index (χ2v) is 4.96. The Kier molecular flexibility index (Phi) is 3.12. The number of para-hydroxylation sites is 1. The van der Waals surface area contributed by atoms with Crippen molar-refractivity contribution in [2.24, 2.45) is 0 Å². The summed E-state index contributed by atoms with van der Waals surface area (Å²) >= 11 is 0. The molecule has 1 amide bonds. The van der Waals surface area contributed by atoms with E-state index < -0.39 is 0 Å². The summed E-state index contributed by atoms with van der Waals surface area (Å²) in [5, 5.41) is 7.05. The summed E-state index contributed by atoms with van der Waals surface area (Å²) in [4.78, 5) is 16.5. The summed E-state index contributed by atoms with van der Waals surface area (Å²) in [6.07, 6.45) is 4.76. The van der Waals surface area contributed by atoms with E-state index in [1.54, 1.807) is 23.0 Å². The maximum absolute atomic E-state index is 12.3. The fraction of sp³-hybridized carbons (Fsp3) is 0. The molecule has 0 unspecified atom stereocenters. The fourth-order valence-corrected chi connectivity index (χ4v) is 2.31. The van der Waals surface area contributed by atoms with Gasteiger partial charge >= 0.3 is 0 Å². The van der Waals surface area contributed by atoms with Crippen LogP contribution in [-0.4, -0.2) is 20.5 Å². The van der Waals surface area contributed by atoms with Crippen molar-refractivity contribution in [3.63, 3.8) is 0 Å². The molecule has 1 aromatic carbocycles. The standard InChI is InChI=1S/C17H12N4O2/c22-17(20-13-5-2-1-3-6-13)12-9-15(23-11-12)14-10-18-16-7-4-8-19-21(14)16/h1-11H,(H,20,22). The highest BCUT2D eigenvalue weighted by Crippen LogP contribution is 2.23. The van der Waals surface area contributed by atoms with Gasteiger partial charge in [-0.25, -0.2) is 9.50 Å². The van der Waals surface area contributed by atoms with Crippen LogP contribution in [0.3, 0.4) is 0 Å². The highest BCUT2D eigenvalue weighted by molar-refractivity contribution is 6.04. The van der Waals surface area contributed by atoms with Crippen molar-refractivity contribution < 1.29 is 9.21 Å². The summed E-state index contributed by atoms with van der Waals surface area (Å²) in [5.41, 5.74) is 2.58. The van der Waals surface area contributed by atoms with Crippen LogP contribution in [0, 0.1) is 0 Å². The van der Waals surface area contributed by atoms with Crippen molar-refractivity contribution >= 4 is 17.2 Å². The van der Waals surface area contributed by atoms with Gasteiger partial charge in [0.25, 0.3) is 5.91 Å². The van der Waals surface area contributed by atoms with Gasteiger partial charge in [0.05, 0.1) is 11.8 Å². The molecule has 4 aromatic rings. The molecular weight excluding hydrogens is 292 g/mol. The van der Waals surface area contributed by atoms with Crippen LogP contribution >= 0.6 is 0 Å². The number of nitrogens with one attached hydrogen (secondary N) is 1. The van der Waals surface area contributed by atoms with Crippen molar-refractivity contribution in [3.8, 4) is 11.5 Å². The van der Waals surface area contributed by atoms with Crippen molar-refractivity contribution in [1.82, 2.24) is 14.6 Å². The smallest absolute Gasteiger partial charge is 0.258 e. The first kappa shape index (κ1) is 13.3. The zero-order chi connectivity index (χ0) is 15.6. The summed E-state index contributed by atoms with van der Waals surface area (Å²) < 4.78 is 7.18. The van der Waals surface area contributed by atoms with E-state index in [1.807, 2.05) is 42.5 Å². The summed E-state index contributed by atoms with van der Waals surface area (Å²) in [6.45, 7) is 0. The van der Waals surface area contributed by atoms with Gasteiger partial charge in [0.2, 0.25) is 0 Å². The Balaban J connectivity index is 1.63. The zero-order valence-corrected chi connectivity index (χ0v) is 12.0. The number of carbonyl (C=O) groups is 1. The van der Waals surface area contributed by atoms with Crippen LogP contribution in [0.25, 0.3) is 17.1 Å². The second kappa shape index (κ2) is 5.42. The summed E-state index contributed by atoms with van der Waals surface area (Å²) in [5.74, 6) is 0.308. The Labute approximate surface area is 131 Å². The molecule has 0 atom stereocenters. The first-order valence-electron chi connectivity index (χ1n) is 7.05. The number of benzene rings is 1. The Bertz CT molecular complexity index is 972. The molecule has 0 aliphatic heterocycles. The molecule has 0 spiro atoms. The lowest BCUT2D eigenvalue weighted by atomic mass is 10.2. The molecule has 0 radical (unpaired) electrons. The minimum Gasteiger partial charge on any atom is -0.462 e. The van der Waals surface area contributed by atoms with E-state index in [0.29, 0.717) is 22.7 Å². The third-order valence-electron chi connectivity index (χ3n) is 3.42. The molecule has 23 heavy (non-hydrogen) atoms. The van der Waals surface area contributed by atoms with Crippen molar-refractivity contribution in [2.45, 2.75) is 0 Å². The largest absolute Gasteiger partial charge is 0.462 e. The number of nitrogens with zero attached hydrogens (tertiary/aromatic N) is 3. The van der Waals surface area contributed by atoms with E-state index in [-0.39, 0.29) is 5.91 Å². The van der Waals surface area contributed by atoms with E-state index in [1.165, 1.54) is 6.26 Å². The Hall–Kier alpha value is -3.41. The number of aromatic nitrogens is 3. The number of rotatable bonds is 3. The monoisotopic (exact) mass is 304 g/mol. The van der Waals surface area contributed by atoms with Gasteiger partial charge in [-0.05, 0) is 30.3 Å². The second-order valence-electron chi connectivity index (χ2n) is 4.96. The van der Waals surface area contributed by atoms with Gasteiger partial charge in [-0.3, -0.25) is 4.79 Å². The van der Waals surface area contributed by atoms with Gasteiger partial charge in [0, 0.05) is 11.9 Å². The Morgan fingerprint density at radius 2 is 2.00 bits per heavy atom. The minimum absolute atomic E-state index is 0.229. The topological polar surface area (TPSA) is 72.4 Å². The number of fused-ring (bicyclic) bond motifs is 1. The third kappa shape index (κ3) is 2.46. The van der Waals surface area contributed by atoms with Crippen molar-refractivity contribution in [2.75, 3.05) is 5.32 Å². The van der Waals surface area contributed by atoms with Crippen LogP contribution in [0.15, 0.2) is 71.6 Å². The molecule has 3 heterocycles. The molecule has 112 valence electrons. The van der Waals surface area contributed by atoms with Crippen LogP contribution in [0.2, 0.25) is 0 Å². The fourth-order valence-electron chi connectivity index (χ4n) is 2.31. The van der Waals surface area contributed by atoms with Gasteiger partial charge < -0.3 is 9.73 Å². The quantitative estimate of drug-likeness (QED) is 0.630. The molecule has 0 bridgehead atoms. The van der Waals surface area contributed by atoms with Gasteiger partial charge in [0.15, 0.2) is 11.4 Å². The Morgan fingerprint density at radius 1 is 1.13 bits per heavy atom. The molecule has 4 rings (SSSR count). The number of anilines is 1. The molecule has 0 aliphatic carbocycles. The lowest BCUT2D eigenvalue weighted by Gasteiger charge is -2.01. The lowest BCUT2D eigenvalue weighted by molar-refractivity contribution is 0.102. The molecule has 0 aliphatic rings. The molecule has 3 aromatic heterocycles. The average molecular weight is 304 g/mol. The van der Waals surface area contributed by atoms with Gasteiger partial charge in [0.1, 0.15) is 12.0 Å². The molecule has 1 N–H and O–H groups in total. The number of amides is 1. The number of imidazole rings is 1. The zero-order valence-electron chi connectivity index (χ0n) is 12.0. The van der Waals surface area contributed by atoms with Crippen LogP contribution in [0.1, 0.15) is 10.4 Å². The van der Waals surface area contributed by atoms with Gasteiger partial charge in [-0.15, -0.1) is 0 Å². The number of hydrogen-bond acceptors (Lipinski definition) is 4. The van der Waals surface area contributed by atoms with Crippen molar-refractivity contribution in [1.29, 1.82) is 0 Å². The van der Waals surface area contributed by atoms with E-state index in [2.05, 4.69) is 15.4 Å². The maximum atomic E-state index is 12.3. The van der Waals surface area contributed by atoms with Crippen LogP contribution < -0.4 is 5.32 Å². The van der Waals surface area contributed by atoms with Crippen molar-refractivity contribution in [3.05, 3.63) is 72.8 Å². The van der Waals surface area contributed by atoms with Crippen LogP contribution in [-0.2, 0) is 0 Å². The minimum atomic E-state index is -0.229.